The van der Waals surface area contributed by atoms with Gasteiger partial charge in [-0.25, -0.2) is 0 Å². The molecule has 1 aromatic carbocycles. The standard InChI is InChI=1S/C19H21ClN4O2/c20-16-10-13(23-18(25)9-12-3-1-5-17(12)21)6-7-15(16)19(26)24-14-4-2-8-22-11-14/h2,4,6-8,10-12,17H,1,3,5,9,21H2,(H,23,25)(H,24,26)/t12-,17+/m0/s1. The molecule has 0 aliphatic heterocycles. The molecule has 4 N–H and O–H groups in total. The number of hydrogen-bond donors (Lipinski definition) is 3. The van der Waals surface area contributed by atoms with Crippen molar-refractivity contribution in [3.63, 3.8) is 0 Å². The van der Waals surface area contributed by atoms with Crippen LogP contribution in [0.4, 0.5) is 11.4 Å². The van der Waals surface area contributed by atoms with Gasteiger partial charge in [0.05, 0.1) is 22.5 Å². The molecule has 1 fully saturated rings. The molecule has 6 nitrogen and oxygen atoms in total. The van der Waals surface area contributed by atoms with Crippen molar-refractivity contribution in [1.82, 2.24) is 4.98 Å². The van der Waals surface area contributed by atoms with Crippen molar-refractivity contribution in [3.8, 4) is 0 Å². The smallest absolute Gasteiger partial charge is 0.257 e. The van der Waals surface area contributed by atoms with Crippen LogP contribution in [0, 0.1) is 5.92 Å². The molecular weight excluding hydrogens is 352 g/mol. The van der Waals surface area contributed by atoms with Gasteiger partial charge in [-0.1, -0.05) is 18.0 Å². The van der Waals surface area contributed by atoms with Gasteiger partial charge in [0.2, 0.25) is 5.91 Å². The second kappa shape index (κ2) is 8.29. The van der Waals surface area contributed by atoms with Crippen molar-refractivity contribution in [2.45, 2.75) is 31.7 Å². The monoisotopic (exact) mass is 372 g/mol. The van der Waals surface area contributed by atoms with Gasteiger partial charge in [0.15, 0.2) is 0 Å². The predicted octanol–water partition coefficient (Wildman–Crippen LogP) is 3.44. The van der Waals surface area contributed by atoms with Crippen LogP contribution in [0.2, 0.25) is 5.02 Å². The molecule has 0 unspecified atom stereocenters. The van der Waals surface area contributed by atoms with Crippen LogP contribution in [0.15, 0.2) is 42.7 Å². The van der Waals surface area contributed by atoms with E-state index >= 15 is 0 Å². The highest BCUT2D eigenvalue weighted by atomic mass is 35.5. The number of carbonyl (C=O) groups is 2. The lowest BCUT2D eigenvalue weighted by molar-refractivity contribution is -0.117. The van der Waals surface area contributed by atoms with Crippen molar-refractivity contribution in [2.75, 3.05) is 10.6 Å². The number of halogens is 1. The number of carbonyl (C=O) groups excluding carboxylic acids is 2. The maximum Gasteiger partial charge on any atom is 0.257 e. The van der Waals surface area contributed by atoms with Gasteiger partial charge in [-0.05, 0) is 49.1 Å². The first kappa shape index (κ1) is 18.4. The van der Waals surface area contributed by atoms with E-state index in [2.05, 4.69) is 15.6 Å². The molecule has 0 spiro atoms. The number of aromatic nitrogens is 1. The van der Waals surface area contributed by atoms with Gasteiger partial charge in [0.25, 0.3) is 5.91 Å². The molecule has 1 aliphatic carbocycles. The number of pyridine rings is 1. The lowest BCUT2D eigenvalue weighted by Gasteiger charge is -2.15. The highest BCUT2D eigenvalue weighted by Crippen LogP contribution is 2.28. The summed E-state index contributed by atoms with van der Waals surface area (Å²) in [6.45, 7) is 0. The third-order valence-electron chi connectivity index (χ3n) is 4.58. The molecule has 1 aromatic heterocycles. The molecule has 2 atom stereocenters. The van der Waals surface area contributed by atoms with Crippen LogP contribution >= 0.6 is 11.6 Å². The van der Waals surface area contributed by atoms with Crippen LogP contribution < -0.4 is 16.4 Å². The van der Waals surface area contributed by atoms with Gasteiger partial charge in [-0.2, -0.15) is 0 Å². The Hall–Kier alpha value is -2.44. The number of hydrogen-bond acceptors (Lipinski definition) is 4. The summed E-state index contributed by atoms with van der Waals surface area (Å²) in [6.07, 6.45) is 6.62. The van der Waals surface area contributed by atoms with Crippen molar-refractivity contribution in [3.05, 3.63) is 53.3 Å². The van der Waals surface area contributed by atoms with Crippen molar-refractivity contribution >= 4 is 34.8 Å². The molecule has 26 heavy (non-hydrogen) atoms. The van der Waals surface area contributed by atoms with Gasteiger partial charge < -0.3 is 16.4 Å². The number of rotatable bonds is 5. The SMILES string of the molecule is N[C@@H]1CCC[C@H]1CC(=O)Nc1ccc(C(=O)Nc2cccnc2)c(Cl)c1. The second-order valence-corrected chi connectivity index (χ2v) is 6.90. The fraction of sp³-hybridized carbons (Fsp3) is 0.316. The van der Waals surface area contributed by atoms with Gasteiger partial charge in [0, 0.05) is 24.3 Å². The van der Waals surface area contributed by atoms with Crippen LogP contribution in [-0.2, 0) is 4.79 Å². The Morgan fingerprint density at radius 3 is 2.69 bits per heavy atom. The Morgan fingerprint density at radius 2 is 2.04 bits per heavy atom. The Balaban J connectivity index is 1.61. The molecule has 0 bridgehead atoms. The highest BCUT2D eigenvalue weighted by Gasteiger charge is 2.26. The molecule has 0 saturated heterocycles. The summed E-state index contributed by atoms with van der Waals surface area (Å²) in [6, 6.07) is 8.39. The largest absolute Gasteiger partial charge is 0.327 e. The number of nitrogens with zero attached hydrogens (tertiary/aromatic N) is 1. The third kappa shape index (κ3) is 4.59. The molecule has 2 amide bonds. The van der Waals surface area contributed by atoms with Crippen LogP contribution in [0.5, 0.6) is 0 Å². The van der Waals surface area contributed by atoms with Crippen LogP contribution in [0.1, 0.15) is 36.0 Å². The lowest BCUT2D eigenvalue weighted by atomic mass is 10.00. The molecule has 1 saturated carbocycles. The quantitative estimate of drug-likeness (QED) is 0.748. The summed E-state index contributed by atoms with van der Waals surface area (Å²) in [5.41, 5.74) is 7.48. The number of nitrogens with one attached hydrogen (secondary N) is 2. The summed E-state index contributed by atoms with van der Waals surface area (Å²) < 4.78 is 0. The first-order chi connectivity index (χ1) is 12.5. The average molecular weight is 373 g/mol. The summed E-state index contributed by atoms with van der Waals surface area (Å²) in [7, 11) is 0. The number of nitrogens with two attached hydrogens (primary N) is 1. The van der Waals surface area contributed by atoms with Gasteiger partial charge in [-0.3, -0.25) is 14.6 Å². The molecule has 0 radical (unpaired) electrons. The topological polar surface area (TPSA) is 97.1 Å². The van der Waals surface area contributed by atoms with E-state index in [1.807, 2.05) is 0 Å². The Labute approximate surface area is 157 Å². The molecule has 3 rings (SSSR count). The maximum atomic E-state index is 12.3. The van der Waals surface area contributed by atoms with E-state index in [1.54, 1.807) is 42.7 Å². The normalized spacial score (nSPS) is 19.2. The van der Waals surface area contributed by atoms with Crippen LogP contribution in [-0.4, -0.2) is 22.8 Å². The van der Waals surface area contributed by atoms with E-state index in [0.717, 1.165) is 19.3 Å². The van der Waals surface area contributed by atoms with Gasteiger partial charge >= 0.3 is 0 Å². The van der Waals surface area contributed by atoms with E-state index in [4.69, 9.17) is 17.3 Å². The fourth-order valence-corrected chi connectivity index (χ4v) is 3.45. The molecule has 1 heterocycles. The van der Waals surface area contributed by atoms with E-state index in [1.165, 1.54) is 0 Å². The zero-order chi connectivity index (χ0) is 18.5. The first-order valence-electron chi connectivity index (χ1n) is 8.59. The lowest BCUT2D eigenvalue weighted by Crippen LogP contribution is -2.28. The van der Waals surface area contributed by atoms with Crippen LogP contribution in [0.3, 0.4) is 0 Å². The number of amides is 2. The van der Waals surface area contributed by atoms with E-state index in [-0.39, 0.29) is 28.8 Å². The Morgan fingerprint density at radius 1 is 1.19 bits per heavy atom. The summed E-state index contributed by atoms with van der Waals surface area (Å²) in [5.74, 6) is -0.191. The minimum atomic E-state index is -0.335. The molecule has 136 valence electrons. The van der Waals surface area contributed by atoms with E-state index < -0.39 is 0 Å². The van der Waals surface area contributed by atoms with Crippen molar-refractivity contribution < 1.29 is 9.59 Å². The summed E-state index contributed by atoms with van der Waals surface area (Å²) in [4.78, 5) is 28.4. The van der Waals surface area contributed by atoms with E-state index in [9.17, 15) is 9.59 Å². The molecule has 2 aromatic rings. The maximum absolute atomic E-state index is 12.3. The Bertz CT molecular complexity index is 797. The van der Waals surface area contributed by atoms with Crippen molar-refractivity contribution in [2.24, 2.45) is 11.7 Å². The van der Waals surface area contributed by atoms with Gasteiger partial charge in [-0.15, -0.1) is 0 Å². The molecule has 7 heteroatoms. The number of benzene rings is 1. The zero-order valence-corrected chi connectivity index (χ0v) is 15.0. The second-order valence-electron chi connectivity index (χ2n) is 6.50. The van der Waals surface area contributed by atoms with Gasteiger partial charge in [0.1, 0.15) is 0 Å². The zero-order valence-electron chi connectivity index (χ0n) is 14.2. The molecule has 1 aliphatic rings. The average Bonchev–Trinajstić information content (AvgIpc) is 3.00. The minimum Gasteiger partial charge on any atom is -0.327 e. The Kier molecular flexibility index (Phi) is 5.85. The third-order valence-corrected chi connectivity index (χ3v) is 4.90. The predicted molar refractivity (Wildman–Crippen MR) is 102 cm³/mol. The number of anilines is 2. The minimum absolute atomic E-state index is 0.0871. The summed E-state index contributed by atoms with van der Waals surface area (Å²) in [5, 5.41) is 5.82. The first-order valence-corrected chi connectivity index (χ1v) is 8.97. The highest BCUT2D eigenvalue weighted by molar-refractivity contribution is 6.34. The molecular formula is C19H21ClN4O2. The van der Waals surface area contributed by atoms with Crippen molar-refractivity contribution in [1.29, 1.82) is 0 Å². The fourth-order valence-electron chi connectivity index (χ4n) is 3.18. The summed E-state index contributed by atoms with van der Waals surface area (Å²) >= 11 is 6.22. The van der Waals surface area contributed by atoms with Crippen LogP contribution in [0.25, 0.3) is 0 Å². The van der Waals surface area contributed by atoms with E-state index in [0.29, 0.717) is 23.4 Å².